The van der Waals surface area contributed by atoms with Gasteiger partial charge in [0.2, 0.25) is 11.8 Å². The van der Waals surface area contributed by atoms with Crippen LogP contribution in [0.15, 0.2) is 52.4 Å². The summed E-state index contributed by atoms with van der Waals surface area (Å²) >= 11 is 1.11. The number of hydrogen-bond donors (Lipinski definition) is 1. The molecule has 122 valence electrons. The van der Waals surface area contributed by atoms with Gasteiger partial charge in [-0.1, -0.05) is 17.8 Å². The summed E-state index contributed by atoms with van der Waals surface area (Å²) in [6.45, 7) is 1.66. The van der Waals surface area contributed by atoms with Gasteiger partial charge in [0, 0.05) is 23.6 Å². The summed E-state index contributed by atoms with van der Waals surface area (Å²) in [6, 6.07) is 8.04. The van der Waals surface area contributed by atoms with Crippen LogP contribution in [0.4, 0.5) is 10.1 Å². The summed E-state index contributed by atoms with van der Waals surface area (Å²) in [5, 5.41) is 10.7. The van der Waals surface area contributed by atoms with Crippen molar-refractivity contribution < 1.29 is 13.6 Å². The van der Waals surface area contributed by atoms with E-state index < -0.39 is 0 Å². The summed E-state index contributed by atoms with van der Waals surface area (Å²) in [5.41, 5.74) is 1.69. The first kappa shape index (κ1) is 16.1. The van der Waals surface area contributed by atoms with Gasteiger partial charge in [-0.25, -0.2) is 4.39 Å². The standard InChI is InChI=1S/C16H13FN4O2S/c1-10-2-3-12(8-13(10)17)19-14(22)9-24-16-21-20-15(23-16)11-4-6-18-7-5-11/h2-8H,9H2,1H3,(H,19,22). The summed E-state index contributed by atoms with van der Waals surface area (Å²) in [5.74, 6) is -0.208. The molecule has 1 aromatic carbocycles. The Morgan fingerprint density at radius 2 is 2.04 bits per heavy atom. The van der Waals surface area contributed by atoms with E-state index >= 15 is 0 Å². The molecule has 2 aromatic heterocycles. The van der Waals surface area contributed by atoms with Gasteiger partial charge in [0.15, 0.2) is 0 Å². The van der Waals surface area contributed by atoms with E-state index in [1.165, 1.54) is 6.07 Å². The second kappa shape index (κ2) is 7.22. The maximum absolute atomic E-state index is 13.5. The van der Waals surface area contributed by atoms with Crippen LogP contribution < -0.4 is 5.32 Å². The maximum Gasteiger partial charge on any atom is 0.277 e. The fraction of sp³-hybridized carbons (Fsp3) is 0.125. The van der Waals surface area contributed by atoms with Crippen LogP contribution in [0.25, 0.3) is 11.5 Å². The lowest BCUT2D eigenvalue weighted by atomic mass is 10.2. The van der Waals surface area contributed by atoms with Gasteiger partial charge >= 0.3 is 0 Å². The van der Waals surface area contributed by atoms with Crippen LogP contribution in [0, 0.1) is 12.7 Å². The van der Waals surface area contributed by atoms with E-state index in [2.05, 4.69) is 20.5 Å². The monoisotopic (exact) mass is 344 g/mol. The van der Waals surface area contributed by atoms with Crippen LogP contribution in [0.5, 0.6) is 0 Å². The lowest BCUT2D eigenvalue weighted by molar-refractivity contribution is -0.113. The van der Waals surface area contributed by atoms with E-state index in [1.54, 1.807) is 43.6 Å². The van der Waals surface area contributed by atoms with Gasteiger partial charge in [-0.15, -0.1) is 10.2 Å². The van der Waals surface area contributed by atoms with Crippen molar-refractivity contribution in [3.63, 3.8) is 0 Å². The zero-order chi connectivity index (χ0) is 16.9. The van der Waals surface area contributed by atoms with Gasteiger partial charge in [0.1, 0.15) is 5.82 Å². The Morgan fingerprint density at radius 1 is 1.25 bits per heavy atom. The summed E-state index contributed by atoms with van der Waals surface area (Å²) in [7, 11) is 0. The lowest BCUT2D eigenvalue weighted by Crippen LogP contribution is -2.14. The van der Waals surface area contributed by atoms with Crippen LogP contribution in [-0.4, -0.2) is 26.8 Å². The van der Waals surface area contributed by atoms with Crippen molar-refractivity contribution in [2.75, 3.05) is 11.1 Å². The summed E-state index contributed by atoms with van der Waals surface area (Å²) in [4.78, 5) is 15.8. The largest absolute Gasteiger partial charge is 0.411 e. The molecule has 0 aliphatic rings. The van der Waals surface area contributed by atoms with E-state index in [4.69, 9.17) is 4.42 Å². The fourth-order valence-electron chi connectivity index (χ4n) is 1.87. The zero-order valence-corrected chi connectivity index (χ0v) is 13.5. The van der Waals surface area contributed by atoms with Gasteiger partial charge in [-0.3, -0.25) is 9.78 Å². The Hall–Kier alpha value is -2.74. The number of amides is 1. The van der Waals surface area contributed by atoms with E-state index in [9.17, 15) is 9.18 Å². The SMILES string of the molecule is Cc1ccc(NC(=O)CSc2nnc(-c3ccncc3)o2)cc1F. The zero-order valence-electron chi connectivity index (χ0n) is 12.7. The molecule has 3 aromatic rings. The van der Waals surface area contributed by atoms with Crippen LogP contribution in [0.1, 0.15) is 5.56 Å². The average molecular weight is 344 g/mol. The highest BCUT2D eigenvalue weighted by molar-refractivity contribution is 7.99. The third-order valence-corrected chi connectivity index (χ3v) is 3.93. The number of benzene rings is 1. The summed E-state index contributed by atoms with van der Waals surface area (Å²) in [6.07, 6.45) is 3.25. The molecule has 0 radical (unpaired) electrons. The Labute approximate surface area is 141 Å². The van der Waals surface area contributed by atoms with Crippen LogP contribution in [0.2, 0.25) is 0 Å². The third kappa shape index (κ3) is 3.96. The number of hydrogen-bond acceptors (Lipinski definition) is 6. The number of nitrogens with zero attached hydrogens (tertiary/aromatic N) is 3. The molecule has 0 aliphatic carbocycles. The Kier molecular flexibility index (Phi) is 4.85. The topological polar surface area (TPSA) is 80.9 Å². The molecule has 0 unspecified atom stereocenters. The van der Waals surface area contributed by atoms with Crippen molar-refractivity contribution in [3.8, 4) is 11.5 Å². The summed E-state index contributed by atoms with van der Waals surface area (Å²) < 4.78 is 18.9. The van der Waals surface area contributed by atoms with Crippen molar-refractivity contribution in [1.82, 2.24) is 15.2 Å². The molecule has 1 N–H and O–H groups in total. The molecular formula is C16H13FN4O2S. The quantitative estimate of drug-likeness (QED) is 0.715. The molecule has 0 fully saturated rings. The van der Waals surface area contributed by atoms with E-state index in [0.717, 1.165) is 17.3 Å². The Morgan fingerprint density at radius 3 is 2.79 bits per heavy atom. The van der Waals surface area contributed by atoms with Crippen molar-refractivity contribution in [3.05, 3.63) is 54.1 Å². The average Bonchev–Trinajstić information content (AvgIpc) is 3.06. The molecule has 0 saturated heterocycles. The van der Waals surface area contributed by atoms with Gasteiger partial charge in [0.05, 0.1) is 5.75 Å². The molecule has 3 rings (SSSR count). The highest BCUT2D eigenvalue weighted by atomic mass is 32.2. The first-order chi connectivity index (χ1) is 11.6. The Bertz CT molecular complexity index is 854. The number of pyridine rings is 1. The second-order valence-electron chi connectivity index (χ2n) is 4.91. The van der Waals surface area contributed by atoms with E-state index in [-0.39, 0.29) is 22.7 Å². The number of carbonyl (C=O) groups is 1. The maximum atomic E-state index is 13.5. The number of anilines is 1. The predicted molar refractivity (Wildman–Crippen MR) is 88.0 cm³/mol. The minimum absolute atomic E-state index is 0.0769. The smallest absolute Gasteiger partial charge is 0.277 e. The number of rotatable bonds is 5. The van der Waals surface area contributed by atoms with Gasteiger partial charge < -0.3 is 9.73 Å². The van der Waals surface area contributed by atoms with E-state index in [0.29, 0.717) is 17.1 Å². The van der Waals surface area contributed by atoms with E-state index in [1.807, 2.05) is 0 Å². The first-order valence-electron chi connectivity index (χ1n) is 7.04. The molecule has 24 heavy (non-hydrogen) atoms. The molecule has 6 nitrogen and oxygen atoms in total. The highest BCUT2D eigenvalue weighted by Crippen LogP contribution is 2.22. The molecule has 8 heteroatoms. The van der Waals surface area contributed by atoms with Crippen molar-refractivity contribution in [2.45, 2.75) is 12.1 Å². The molecule has 1 amide bonds. The minimum atomic E-state index is -0.362. The molecular weight excluding hydrogens is 331 g/mol. The fourth-order valence-corrected chi connectivity index (χ4v) is 2.44. The molecule has 0 aliphatic heterocycles. The molecule has 0 saturated carbocycles. The molecule has 0 bridgehead atoms. The third-order valence-electron chi connectivity index (χ3n) is 3.12. The number of thioether (sulfide) groups is 1. The molecule has 0 spiro atoms. The molecule has 0 atom stereocenters. The van der Waals surface area contributed by atoms with Crippen molar-refractivity contribution in [2.24, 2.45) is 0 Å². The van der Waals surface area contributed by atoms with Crippen molar-refractivity contribution >= 4 is 23.4 Å². The van der Waals surface area contributed by atoms with Crippen LogP contribution in [-0.2, 0) is 4.79 Å². The minimum Gasteiger partial charge on any atom is -0.411 e. The highest BCUT2D eigenvalue weighted by Gasteiger charge is 2.11. The Balaban J connectivity index is 1.56. The predicted octanol–water partition coefficient (Wildman–Crippen LogP) is 3.31. The number of halogens is 1. The van der Waals surface area contributed by atoms with Gasteiger partial charge in [0.25, 0.3) is 5.22 Å². The van der Waals surface area contributed by atoms with Crippen LogP contribution in [0.3, 0.4) is 0 Å². The second-order valence-corrected chi connectivity index (χ2v) is 5.84. The number of aryl methyl sites for hydroxylation is 1. The number of carbonyl (C=O) groups excluding carboxylic acids is 1. The number of nitrogens with one attached hydrogen (secondary N) is 1. The normalized spacial score (nSPS) is 10.6. The first-order valence-corrected chi connectivity index (χ1v) is 8.03. The molecule has 2 heterocycles. The lowest BCUT2D eigenvalue weighted by Gasteiger charge is -2.05. The van der Waals surface area contributed by atoms with Gasteiger partial charge in [-0.2, -0.15) is 0 Å². The number of aromatic nitrogens is 3. The van der Waals surface area contributed by atoms with Crippen LogP contribution >= 0.6 is 11.8 Å². The van der Waals surface area contributed by atoms with Crippen molar-refractivity contribution in [1.29, 1.82) is 0 Å². The van der Waals surface area contributed by atoms with Gasteiger partial charge in [-0.05, 0) is 36.8 Å².